The molecule has 0 bridgehead atoms. The maximum Gasteiger partial charge on any atom is 0.251 e. The molecule has 21 heavy (non-hydrogen) atoms. The van der Waals surface area contributed by atoms with Gasteiger partial charge < -0.3 is 15.2 Å². The van der Waals surface area contributed by atoms with Crippen molar-refractivity contribution in [1.82, 2.24) is 5.32 Å². The highest BCUT2D eigenvalue weighted by Gasteiger charge is 2.16. The largest absolute Gasteiger partial charge is 0.508 e. The van der Waals surface area contributed by atoms with E-state index in [0.717, 1.165) is 5.56 Å². The second-order valence-electron chi connectivity index (χ2n) is 4.89. The maximum absolute atomic E-state index is 12.3. The second-order valence-corrected chi connectivity index (χ2v) is 4.89. The summed E-state index contributed by atoms with van der Waals surface area (Å²) >= 11 is 0. The summed E-state index contributed by atoms with van der Waals surface area (Å²) in [6.07, 6.45) is 0. The third kappa shape index (κ3) is 3.83. The van der Waals surface area contributed by atoms with Crippen LogP contribution in [0.4, 0.5) is 0 Å². The smallest absolute Gasteiger partial charge is 0.251 e. The summed E-state index contributed by atoms with van der Waals surface area (Å²) in [6.45, 7) is 2.16. The number of carbonyl (C=O) groups is 1. The highest BCUT2D eigenvalue weighted by Crippen LogP contribution is 2.18. The number of benzene rings is 2. The first-order valence-corrected chi connectivity index (χ1v) is 6.76. The van der Waals surface area contributed by atoms with Gasteiger partial charge in [-0.15, -0.1) is 0 Å². The van der Waals surface area contributed by atoms with Crippen molar-refractivity contribution in [2.45, 2.75) is 13.0 Å². The molecule has 0 aliphatic rings. The fourth-order valence-corrected chi connectivity index (χ4v) is 2.11. The van der Waals surface area contributed by atoms with E-state index < -0.39 is 0 Å². The van der Waals surface area contributed by atoms with E-state index >= 15 is 0 Å². The van der Waals surface area contributed by atoms with Crippen LogP contribution in [0.3, 0.4) is 0 Å². The number of aromatic hydroxyl groups is 1. The van der Waals surface area contributed by atoms with Gasteiger partial charge in [0.25, 0.3) is 5.91 Å². The molecule has 2 rings (SSSR count). The van der Waals surface area contributed by atoms with Crippen molar-refractivity contribution in [2.24, 2.45) is 0 Å². The van der Waals surface area contributed by atoms with Gasteiger partial charge in [-0.3, -0.25) is 4.79 Å². The summed E-state index contributed by atoms with van der Waals surface area (Å²) < 4.78 is 5.18. The molecule has 2 N–H and O–H groups in total. The van der Waals surface area contributed by atoms with Crippen molar-refractivity contribution in [3.8, 4) is 5.75 Å². The van der Waals surface area contributed by atoms with E-state index in [1.165, 1.54) is 6.07 Å². The van der Waals surface area contributed by atoms with Crippen molar-refractivity contribution in [1.29, 1.82) is 0 Å². The SMILES string of the molecule is COC[C@H](NC(=O)c1ccc(O)c(C)c1)c1ccccc1. The summed E-state index contributed by atoms with van der Waals surface area (Å²) in [6, 6.07) is 14.3. The molecule has 0 unspecified atom stereocenters. The molecule has 1 atom stereocenters. The number of phenolic OH excluding ortho intramolecular Hbond substituents is 1. The van der Waals surface area contributed by atoms with Crippen LogP contribution in [0, 0.1) is 6.92 Å². The number of methoxy groups -OCH3 is 1. The minimum absolute atomic E-state index is 0.183. The number of aryl methyl sites for hydroxylation is 1. The van der Waals surface area contributed by atoms with Gasteiger partial charge in [0.1, 0.15) is 5.75 Å². The molecule has 0 aliphatic carbocycles. The molecule has 0 aliphatic heterocycles. The average molecular weight is 285 g/mol. The topological polar surface area (TPSA) is 58.6 Å². The minimum Gasteiger partial charge on any atom is -0.508 e. The van der Waals surface area contributed by atoms with Gasteiger partial charge in [-0.25, -0.2) is 0 Å². The highest BCUT2D eigenvalue weighted by atomic mass is 16.5. The van der Waals surface area contributed by atoms with Crippen molar-refractivity contribution < 1.29 is 14.6 Å². The quantitative estimate of drug-likeness (QED) is 0.888. The van der Waals surface area contributed by atoms with E-state index in [-0.39, 0.29) is 17.7 Å². The summed E-state index contributed by atoms with van der Waals surface area (Å²) in [5, 5.41) is 12.5. The van der Waals surface area contributed by atoms with Gasteiger partial charge in [-0.1, -0.05) is 30.3 Å². The van der Waals surface area contributed by atoms with Crippen molar-refractivity contribution in [2.75, 3.05) is 13.7 Å². The zero-order valence-electron chi connectivity index (χ0n) is 12.2. The number of carbonyl (C=O) groups excluding carboxylic acids is 1. The number of ether oxygens (including phenoxy) is 1. The van der Waals surface area contributed by atoms with Crippen LogP contribution in [-0.4, -0.2) is 24.7 Å². The van der Waals surface area contributed by atoms with E-state index in [9.17, 15) is 9.90 Å². The molecule has 0 heterocycles. The Bertz CT molecular complexity index is 611. The molecule has 4 heteroatoms. The first kappa shape index (κ1) is 15.1. The van der Waals surface area contributed by atoms with E-state index in [4.69, 9.17) is 4.74 Å². The molecular weight excluding hydrogens is 266 g/mol. The standard InChI is InChI=1S/C17H19NO3/c1-12-10-14(8-9-16(12)19)17(20)18-15(11-21-2)13-6-4-3-5-7-13/h3-10,15,19H,11H2,1-2H3,(H,18,20)/t15-/m0/s1. The van der Waals surface area contributed by atoms with E-state index in [1.54, 1.807) is 26.2 Å². The number of hydrogen-bond acceptors (Lipinski definition) is 3. The fraction of sp³-hybridized carbons (Fsp3) is 0.235. The molecule has 1 amide bonds. The lowest BCUT2D eigenvalue weighted by Crippen LogP contribution is -2.31. The first-order chi connectivity index (χ1) is 10.1. The number of amides is 1. The van der Waals surface area contributed by atoms with Crippen LogP contribution < -0.4 is 5.32 Å². The first-order valence-electron chi connectivity index (χ1n) is 6.76. The van der Waals surface area contributed by atoms with Crippen molar-refractivity contribution >= 4 is 5.91 Å². The molecule has 0 fully saturated rings. The third-order valence-electron chi connectivity index (χ3n) is 3.30. The van der Waals surface area contributed by atoms with Crippen molar-refractivity contribution in [3.05, 3.63) is 65.2 Å². The van der Waals surface area contributed by atoms with Gasteiger partial charge in [0.2, 0.25) is 0 Å². The van der Waals surface area contributed by atoms with Crippen LogP contribution >= 0.6 is 0 Å². The molecule has 110 valence electrons. The molecule has 0 spiro atoms. The van der Waals surface area contributed by atoms with Gasteiger partial charge >= 0.3 is 0 Å². The van der Waals surface area contributed by atoms with Crippen LogP contribution in [0.15, 0.2) is 48.5 Å². The van der Waals surface area contributed by atoms with Crippen LogP contribution in [0.5, 0.6) is 5.75 Å². The molecule has 4 nitrogen and oxygen atoms in total. The van der Waals surface area contributed by atoms with Crippen molar-refractivity contribution in [3.63, 3.8) is 0 Å². The van der Waals surface area contributed by atoms with E-state index in [0.29, 0.717) is 17.7 Å². The fourth-order valence-electron chi connectivity index (χ4n) is 2.11. The van der Waals surface area contributed by atoms with Gasteiger partial charge in [-0.2, -0.15) is 0 Å². The normalized spacial score (nSPS) is 11.9. The molecule has 0 aromatic heterocycles. The summed E-state index contributed by atoms with van der Waals surface area (Å²) in [5.41, 5.74) is 2.18. The molecule has 2 aromatic carbocycles. The number of nitrogens with one attached hydrogen (secondary N) is 1. The molecule has 0 saturated heterocycles. The Labute approximate surface area is 124 Å². The van der Waals surface area contributed by atoms with Crippen LogP contribution in [0.25, 0.3) is 0 Å². The Hall–Kier alpha value is -2.33. The van der Waals surface area contributed by atoms with E-state index in [2.05, 4.69) is 5.32 Å². The Morgan fingerprint density at radius 3 is 2.57 bits per heavy atom. The van der Waals surface area contributed by atoms with Gasteiger partial charge in [0, 0.05) is 12.7 Å². The Kier molecular flexibility index (Phi) is 4.95. The van der Waals surface area contributed by atoms with Crippen LogP contribution in [0.2, 0.25) is 0 Å². The monoisotopic (exact) mass is 285 g/mol. The predicted octanol–water partition coefficient (Wildman–Crippen LogP) is 2.82. The molecule has 2 aromatic rings. The highest BCUT2D eigenvalue weighted by molar-refractivity contribution is 5.94. The van der Waals surface area contributed by atoms with Gasteiger partial charge in [0.05, 0.1) is 12.6 Å². The lowest BCUT2D eigenvalue weighted by molar-refractivity contribution is 0.0896. The summed E-state index contributed by atoms with van der Waals surface area (Å²) in [4.78, 5) is 12.3. The second kappa shape index (κ2) is 6.90. The summed E-state index contributed by atoms with van der Waals surface area (Å²) in [7, 11) is 1.60. The Morgan fingerprint density at radius 1 is 1.24 bits per heavy atom. The zero-order valence-corrected chi connectivity index (χ0v) is 12.2. The summed E-state index contributed by atoms with van der Waals surface area (Å²) in [5.74, 6) is -0.00736. The molecular formula is C17H19NO3. The van der Waals surface area contributed by atoms with Gasteiger partial charge in [-0.05, 0) is 36.2 Å². The third-order valence-corrected chi connectivity index (χ3v) is 3.30. The number of hydrogen-bond donors (Lipinski definition) is 2. The van der Waals surface area contributed by atoms with E-state index in [1.807, 2.05) is 30.3 Å². The maximum atomic E-state index is 12.3. The molecule has 0 saturated carbocycles. The Balaban J connectivity index is 2.16. The van der Waals surface area contributed by atoms with Crippen LogP contribution in [0.1, 0.15) is 27.5 Å². The molecule has 0 radical (unpaired) electrons. The van der Waals surface area contributed by atoms with Crippen LogP contribution in [-0.2, 0) is 4.74 Å². The predicted molar refractivity (Wildman–Crippen MR) is 81.4 cm³/mol. The Morgan fingerprint density at radius 2 is 1.95 bits per heavy atom. The lowest BCUT2D eigenvalue weighted by atomic mass is 10.1. The number of phenols is 1. The zero-order chi connectivity index (χ0) is 15.2. The minimum atomic E-state index is -0.210. The average Bonchev–Trinajstić information content (AvgIpc) is 2.50. The van der Waals surface area contributed by atoms with Gasteiger partial charge in [0.15, 0.2) is 0 Å². The lowest BCUT2D eigenvalue weighted by Gasteiger charge is -2.18. The number of rotatable bonds is 5.